The lowest BCUT2D eigenvalue weighted by Crippen LogP contribution is -2.24. The number of halogens is 1. The SMILES string of the molecule is CNC(=O)CCNCc1ccc(C(N)=NO)cc1F. The molecule has 0 aromatic heterocycles. The zero-order valence-electron chi connectivity index (χ0n) is 10.6. The number of benzene rings is 1. The number of nitrogens with two attached hydrogens (primary N) is 1. The Morgan fingerprint density at radius 3 is 2.84 bits per heavy atom. The zero-order valence-corrected chi connectivity index (χ0v) is 10.6. The first-order chi connectivity index (χ1) is 9.08. The Morgan fingerprint density at radius 2 is 2.26 bits per heavy atom. The fourth-order valence-electron chi connectivity index (χ4n) is 1.46. The molecule has 0 heterocycles. The van der Waals surface area contributed by atoms with Crippen LogP contribution in [0.2, 0.25) is 0 Å². The van der Waals surface area contributed by atoms with Crippen molar-refractivity contribution in [2.75, 3.05) is 13.6 Å². The van der Waals surface area contributed by atoms with Crippen molar-refractivity contribution in [2.45, 2.75) is 13.0 Å². The van der Waals surface area contributed by atoms with Crippen LogP contribution in [0.3, 0.4) is 0 Å². The van der Waals surface area contributed by atoms with E-state index in [1.165, 1.54) is 6.07 Å². The third-order valence-corrected chi connectivity index (χ3v) is 2.58. The summed E-state index contributed by atoms with van der Waals surface area (Å²) in [5.41, 5.74) is 6.12. The number of nitrogens with one attached hydrogen (secondary N) is 2. The number of oxime groups is 1. The Bertz CT molecular complexity index is 477. The molecule has 0 aliphatic carbocycles. The Labute approximate surface area is 110 Å². The predicted molar refractivity (Wildman–Crippen MR) is 69.3 cm³/mol. The molecule has 19 heavy (non-hydrogen) atoms. The molecule has 0 bridgehead atoms. The third-order valence-electron chi connectivity index (χ3n) is 2.58. The standard InChI is InChI=1S/C12H17FN4O2/c1-15-11(18)4-5-16-7-9-3-2-8(6-10(9)13)12(14)17-19/h2-3,6,16,19H,4-5,7H2,1H3,(H2,14,17)(H,15,18). The van der Waals surface area contributed by atoms with Gasteiger partial charge in [0.2, 0.25) is 5.91 Å². The zero-order chi connectivity index (χ0) is 14.3. The van der Waals surface area contributed by atoms with Gasteiger partial charge in [0.1, 0.15) is 5.82 Å². The van der Waals surface area contributed by atoms with Crippen LogP contribution in [0.25, 0.3) is 0 Å². The maximum atomic E-state index is 13.7. The summed E-state index contributed by atoms with van der Waals surface area (Å²) >= 11 is 0. The van der Waals surface area contributed by atoms with Crippen LogP contribution in [0.15, 0.2) is 23.4 Å². The summed E-state index contributed by atoms with van der Waals surface area (Å²) in [5.74, 6) is -0.662. The molecule has 7 heteroatoms. The van der Waals surface area contributed by atoms with Crippen LogP contribution < -0.4 is 16.4 Å². The highest BCUT2D eigenvalue weighted by Gasteiger charge is 2.06. The van der Waals surface area contributed by atoms with E-state index in [4.69, 9.17) is 10.9 Å². The first kappa shape index (κ1) is 14.9. The molecule has 1 aromatic carbocycles. The summed E-state index contributed by atoms with van der Waals surface area (Å²) in [5, 5.41) is 16.7. The molecule has 0 unspecified atom stereocenters. The van der Waals surface area contributed by atoms with Crippen LogP contribution in [0.5, 0.6) is 0 Å². The van der Waals surface area contributed by atoms with E-state index >= 15 is 0 Å². The smallest absolute Gasteiger partial charge is 0.221 e. The summed E-state index contributed by atoms with van der Waals surface area (Å²) in [6.07, 6.45) is 0.334. The van der Waals surface area contributed by atoms with E-state index in [-0.39, 0.29) is 11.7 Å². The Kier molecular flexibility index (Phi) is 5.74. The topological polar surface area (TPSA) is 99.7 Å². The van der Waals surface area contributed by atoms with Gasteiger partial charge in [-0.15, -0.1) is 0 Å². The molecule has 0 spiro atoms. The van der Waals surface area contributed by atoms with E-state index in [9.17, 15) is 9.18 Å². The molecule has 1 rings (SSSR count). The molecule has 0 fully saturated rings. The van der Waals surface area contributed by atoms with E-state index in [1.807, 2.05) is 0 Å². The van der Waals surface area contributed by atoms with Crippen LogP contribution >= 0.6 is 0 Å². The molecule has 0 atom stereocenters. The number of carbonyl (C=O) groups is 1. The maximum absolute atomic E-state index is 13.7. The van der Waals surface area contributed by atoms with Gasteiger partial charge in [-0.2, -0.15) is 0 Å². The molecule has 0 aliphatic heterocycles. The molecule has 1 aromatic rings. The van der Waals surface area contributed by atoms with Crippen molar-refractivity contribution in [2.24, 2.45) is 10.9 Å². The Hall–Kier alpha value is -2.15. The van der Waals surface area contributed by atoms with Crippen LogP contribution in [0, 0.1) is 5.82 Å². The number of amides is 1. The lowest BCUT2D eigenvalue weighted by molar-refractivity contribution is -0.120. The van der Waals surface area contributed by atoms with Crippen molar-refractivity contribution < 1.29 is 14.4 Å². The summed E-state index contributed by atoms with van der Waals surface area (Å²) in [7, 11) is 1.56. The van der Waals surface area contributed by atoms with Crippen molar-refractivity contribution in [1.29, 1.82) is 0 Å². The van der Waals surface area contributed by atoms with E-state index < -0.39 is 5.82 Å². The predicted octanol–water partition coefficient (Wildman–Crippen LogP) is 0.146. The summed E-state index contributed by atoms with van der Waals surface area (Å²) < 4.78 is 13.7. The lowest BCUT2D eigenvalue weighted by Gasteiger charge is -2.07. The number of carbonyl (C=O) groups excluding carboxylic acids is 1. The molecule has 0 radical (unpaired) electrons. The fourth-order valence-corrected chi connectivity index (χ4v) is 1.46. The average Bonchev–Trinajstić information content (AvgIpc) is 2.43. The van der Waals surface area contributed by atoms with E-state index in [1.54, 1.807) is 19.2 Å². The van der Waals surface area contributed by atoms with E-state index in [2.05, 4.69) is 15.8 Å². The molecule has 104 valence electrons. The van der Waals surface area contributed by atoms with Gasteiger partial charge in [0.05, 0.1) is 0 Å². The molecular formula is C12H17FN4O2. The molecule has 0 saturated carbocycles. The second kappa shape index (κ2) is 7.32. The van der Waals surface area contributed by atoms with E-state index in [0.29, 0.717) is 30.6 Å². The monoisotopic (exact) mass is 268 g/mol. The van der Waals surface area contributed by atoms with Gasteiger partial charge in [0.15, 0.2) is 5.84 Å². The third kappa shape index (κ3) is 4.55. The average molecular weight is 268 g/mol. The van der Waals surface area contributed by atoms with Gasteiger partial charge in [0.25, 0.3) is 0 Å². The highest BCUT2D eigenvalue weighted by molar-refractivity contribution is 5.97. The molecular weight excluding hydrogens is 251 g/mol. The molecule has 0 saturated heterocycles. The van der Waals surface area contributed by atoms with Gasteiger partial charge in [-0.1, -0.05) is 17.3 Å². The Balaban J connectivity index is 2.54. The molecule has 1 amide bonds. The maximum Gasteiger partial charge on any atom is 0.221 e. The largest absolute Gasteiger partial charge is 0.409 e. The normalized spacial score (nSPS) is 11.4. The van der Waals surface area contributed by atoms with Gasteiger partial charge >= 0.3 is 0 Å². The second-order valence-corrected chi connectivity index (χ2v) is 3.89. The van der Waals surface area contributed by atoms with Gasteiger partial charge < -0.3 is 21.6 Å². The van der Waals surface area contributed by atoms with Crippen molar-refractivity contribution in [3.8, 4) is 0 Å². The Morgan fingerprint density at radius 1 is 1.53 bits per heavy atom. The minimum absolute atomic E-state index is 0.0738. The van der Waals surface area contributed by atoms with Crippen LogP contribution in [-0.4, -0.2) is 30.5 Å². The van der Waals surface area contributed by atoms with Crippen LogP contribution in [0.1, 0.15) is 17.5 Å². The van der Waals surface area contributed by atoms with Crippen LogP contribution in [0.4, 0.5) is 4.39 Å². The molecule has 5 N–H and O–H groups in total. The number of hydrogen-bond donors (Lipinski definition) is 4. The summed E-state index contributed by atoms with van der Waals surface area (Å²) in [6, 6.07) is 4.31. The van der Waals surface area contributed by atoms with Gasteiger partial charge in [0, 0.05) is 37.7 Å². The van der Waals surface area contributed by atoms with Crippen molar-refractivity contribution >= 4 is 11.7 Å². The minimum atomic E-state index is -0.448. The lowest BCUT2D eigenvalue weighted by atomic mass is 10.1. The molecule has 0 aliphatic rings. The van der Waals surface area contributed by atoms with Gasteiger partial charge in [-0.25, -0.2) is 4.39 Å². The van der Waals surface area contributed by atoms with Gasteiger partial charge in [-0.05, 0) is 6.07 Å². The highest BCUT2D eigenvalue weighted by atomic mass is 19.1. The number of nitrogens with zero attached hydrogens (tertiary/aromatic N) is 1. The minimum Gasteiger partial charge on any atom is -0.409 e. The van der Waals surface area contributed by atoms with Gasteiger partial charge in [-0.3, -0.25) is 4.79 Å². The summed E-state index contributed by atoms with van der Waals surface area (Å²) in [6.45, 7) is 0.764. The highest BCUT2D eigenvalue weighted by Crippen LogP contribution is 2.10. The first-order valence-electron chi connectivity index (χ1n) is 5.76. The van der Waals surface area contributed by atoms with Crippen molar-refractivity contribution in [3.05, 3.63) is 35.1 Å². The molecule has 6 nitrogen and oxygen atoms in total. The first-order valence-corrected chi connectivity index (χ1v) is 5.76. The number of hydrogen-bond acceptors (Lipinski definition) is 4. The number of rotatable bonds is 6. The summed E-state index contributed by atoms with van der Waals surface area (Å²) in [4.78, 5) is 11.0. The quantitative estimate of drug-likeness (QED) is 0.194. The van der Waals surface area contributed by atoms with Crippen molar-refractivity contribution in [1.82, 2.24) is 10.6 Å². The fraction of sp³-hybridized carbons (Fsp3) is 0.333. The van der Waals surface area contributed by atoms with Crippen LogP contribution in [-0.2, 0) is 11.3 Å². The second-order valence-electron chi connectivity index (χ2n) is 3.89. The van der Waals surface area contributed by atoms with Crippen molar-refractivity contribution in [3.63, 3.8) is 0 Å². The van der Waals surface area contributed by atoms with E-state index in [0.717, 1.165) is 0 Å². The number of amidine groups is 1.